The van der Waals surface area contributed by atoms with Gasteiger partial charge in [-0.25, -0.2) is 4.39 Å². The fourth-order valence-corrected chi connectivity index (χ4v) is 5.97. The molecule has 1 amide bonds. The second kappa shape index (κ2) is 8.84. The summed E-state index contributed by atoms with van der Waals surface area (Å²) in [6, 6.07) is 17.2. The minimum absolute atomic E-state index is 0.00200. The highest BCUT2D eigenvalue weighted by atomic mass is 19.1. The lowest BCUT2D eigenvalue weighted by Gasteiger charge is -2.32. The van der Waals surface area contributed by atoms with Crippen molar-refractivity contribution in [1.29, 1.82) is 0 Å². The predicted octanol–water partition coefficient (Wildman–Crippen LogP) is 4.18. The molecule has 1 N–H and O–H groups in total. The maximum Gasteiger partial charge on any atom is 0.268 e. The highest BCUT2D eigenvalue weighted by Gasteiger charge is 2.66. The lowest BCUT2D eigenvalue weighted by Crippen LogP contribution is -2.44. The normalized spacial score (nSPS) is 26.0. The van der Waals surface area contributed by atoms with Crippen molar-refractivity contribution in [2.75, 3.05) is 11.5 Å². The first-order chi connectivity index (χ1) is 16.8. The summed E-state index contributed by atoms with van der Waals surface area (Å²) in [5.41, 5.74) is 0.186. The molecular formula is C27H31FN4O3. The number of aromatic nitrogens is 3. The zero-order chi connectivity index (χ0) is 24.8. The summed E-state index contributed by atoms with van der Waals surface area (Å²) in [7, 11) is 0. The molecule has 3 heterocycles. The van der Waals surface area contributed by atoms with Crippen LogP contribution in [0.1, 0.15) is 38.4 Å². The van der Waals surface area contributed by atoms with Gasteiger partial charge in [-0.15, -0.1) is 5.10 Å². The highest BCUT2D eigenvalue weighted by molar-refractivity contribution is 6.12. The topological polar surface area (TPSA) is 80.5 Å². The van der Waals surface area contributed by atoms with Gasteiger partial charge in [-0.05, 0) is 38.5 Å². The van der Waals surface area contributed by atoms with Crippen LogP contribution in [-0.4, -0.2) is 44.4 Å². The Morgan fingerprint density at radius 1 is 1.14 bits per heavy atom. The van der Waals surface area contributed by atoms with Crippen molar-refractivity contribution < 1.29 is 19.0 Å². The standard InChI is InChI=1S/C27H31FN4O3/c1-18-24(26(2,3)28)23(13-15-31-17-19(14-16-33)29-30-31)35-27(18)21-11-7-8-12-22(21)32(25(27)34)20-9-5-4-6-10-20/h4-12,17-18,23-24,33H,13-16H2,1-3H3/t18-,23+,24-,27+/m1/s1. The molecule has 35 heavy (non-hydrogen) atoms. The number of aliphatic hydroxyl groups excluding tert-OH is 1. The number of rotatable bonds is 7. The third kappa shape index (κ3) is 3.85. The Morgan fingerprint density at radius 2 is 1.86 bits per heavy atom. The molecule has 2 aliphatic rings. The molecule has 184 valence electrons. The number of anilines is 2. The first-order valence-corrected chi connectivity index (χ1v) is 12.1. The SMILES string of the molecule is C[C@@H]1[C@@H](C(C)(C)F)[C@H](CCn2cc(CCO)nn2)O[C@@]12C(=O)N(c1ccccc1)c1ccccc12. The quantitative estimate of drug-likeness (QED) is 0.551. The Bertz CT molecular complexity index is 1210. The van der Waals surface area contributed by atoms with E-state index < -0.39 is 29.2 Å². The Morgan fingerprint density at radius 3 is 2.57 bits per heavy atom. The van der Waals surface area contributed by atoms with Gasteiger partial charge in [0, 0.05) is 48.9 Å². The average molecular weight is 479 g/mol. The van der Waals surface area contributed by atoms with E-state index in [0.717, 1.165) is 16.9 Å². The summed E-state index contributed by atoms with van der Waals surface area (Å²) in [6.45, 7) is 5.54. The summed E-state index contributed by atoms with van der Waals surface area (Å²) >= 11 is 0. The summed E-state index contributed by atoms with van der Waals surface area (Å²) in [4.78, 5) is 15.9. The summed E-state index contributed by atoms with van der Waals surface area (Å²) < 4.78 is 24.1. The summed E-state index contributed by atoms with van der Waals surface area (Å²) in [5, 5.41) is 17.3. The minimum atomic E-state index is -1.56. The van der Waals surface area contributed by atoms with Gasteiger partial charge >= 0.3 is 0 Å². The van der Waals surface area contributed by atoms with Gasteiger partial charge in [0.05, 0.1) is 17.5 Å². The molecule has 0 radical (unpaired) electrons. The van der Waals surface area contributed by atoms with Crippen LogP contribution in [0.5, 0.6) is 0 Å². The molecule has 0 unspecified atom stereocenters. The number of nitrogens with zero attached hydrogens (tertiary/aromatic N) is 4. The molecule has 3 aromatic rings. The maximum atomic E-state index is 15.7. The van der Waals surface area contributed by atoms with Crippen molar-refractivity contribution in [3.8, 4) is 0 Å². The Balaban J connectivity index is 1.52. The molecule has 0 bridgehead atoms. The van der Waals surface area contributed by atoms with Crippen LogP contribution in [0, 0.1) is 11.8 Å². The van der Waals surface area contributed by atoms with E-state index in [0.29, 0.717) is 25.1 Å². The predicted molar refractivity (Wildman–Crippen MR) is 130 cm³/mol. The number of alkyl halides is 1. The van der Waals surface area contributed by atoms with Crippen LogP contribution in [0.2, 0.25) is 0 Å². The largest absolute Gasteiger partial charge is 0.396 e. The van der Waals surface area contributed by atoms with Gasteiger partial charge in [0.25, 0.3) is 5.91 Å². The fraction of sp³-hybridized carbons (Fsp3) is 0.444. The Labute approximate surface area is 204 Å². The number of aryl methyl sites for hydroxylation is 1. The minimum Gasteiger partial charge on any atom is -0.396 e. The lowest BCUT2D eigenvalue weighted by molar-refractivity contribution is -0.145. The van der Waals surface area contributed by atoms with Crippen LogP contribution in [0.15, 0.2) is 60.8 Å². The zero-order valence-corrected chi connectivity index (χ0v) is 20.3. The van der Waals surface area contributed by atoms with E-state index in [2.05, 4.69) is 10.3 Å². The van der Waals surface area contributed by atoms with E-state index in [9.17, 15) is 4.79 Å². The number of aliphatic hydroxyl groups is 1. The van der Waals surface area contributed by atoms with E-state index >= 15 is 4.39 Å². The lowest BCUT2D eigenvalue weighted by atomic mass is 9.71. The van der Waals surface area contributed by atoms with E-state index in [-0.39, 0.29) is 12.5 Å². The van der Waals surface area contributed by atoms with Crippen LogP contribution in [0.3, 0.4) is 0 Å². The monoisotopic (exact) mass is 478 g/mol. The number of ether oxygens (including phenoxy) is 1. The molecule has 4 atom stereocenters. The van der Waals surface area contributed by atoms with Crippen molar-refractivity contribution in [2.24, 2.45) is 11.8 Å². The van der Waals surface area contributed by atoms with Crippen molar-refractivity contribution in [3.63, 3.8) is 0 Å². The first-order valence-electron chi connectivity index (χ1n) is 12.1. The van der Waals surface area contributed by atoms with Crippen molar-refractivity contribution in [2.45, 2.75) is 57.5 Å². The smallest absolute Gasteiger partial charge is 0.268 e. The Hall–Kier alpha value is -3.10. The zero-order valence-electron chi connectivity index (χ0n) is 20.3. The third-order valence-electron chi connectivity index (χ3n) is 7.39. The van der Waals surface area contributed by atoms with E-state index in [1.165, 1.54) is 0 Å². The fourth-order valence-electron chi connectivity index (χ4n) is 5.97. The number of amides is 1. The first kappa shape index (κ1) is 23.6. The molecular weight excluding hydrogens is 447 g/mol. The number of hydrogen-bond donors (Lipinski definition) is 1. The number of para-hydroxylation sites is 2. The van der Waals surface area contributed by atoms with Crippen LogP contribution >= 0.6 is 0 Å². The molecule has 1 spiro atoms. The van der Waals surface area contributed by atoms with Gasteiger partial charge in [-0.3, -0.25) is 14.4 Å². The van der Waals surface area contributed by atoms with Crippen LogP contribution in [-0.2, 0) is 28.1 Å². The van der Waals surface area contributed by atoms with Gasteiger partial charge in [-0.1, -0.05) is 48.5 Å². The second-order valence-electron chi connectivity index (χ2n) is 10.00. The molecule has 0 aliphatic carbocycles. The molecule has 1 fully saturated rings. The number of carbonyl (C=O) groups excluding carboxylic acids is 1. The molecule has 2 aliphatic heterocycles. The highest BCUT2D eigenvalue weighted by Crippen LogP contribution is 2.59. The molecule has 5 rings (SSSR count). The maximum absolute atomic E-state index is 15.7. The molecule has 2 aromatic carbocycles. The molecule has 7 nitrogen and oxygen atoms in total. The number of carbonyl (C=O) groups is 1. The average Bonchev–Trinajstić information content (AvgIpc) is 3.47. The van der Waals surface area contributed by atoms with Crippen LogP contribution < -0.4 is 4.90 Å². The number of halogens is 1. The van der Waals surface area contributed by atoms with Gasteiger partial charge in [-0.2, -0.15) is 0 Å². The molecule has 8 heteroatoms. The van der Waals surface area contributed by atoms with E-state index in [1.807, 2.05) is 61.5 Å². The Kier molecular flexibility index (Phi) is 5.97. The molecule has 1 aromatic heterocycles. The van der Waals surface area contributed by atoms with Crippen LogP contribution in [0.25, 0.3) is 0 Å². The number of hydrogen-bond acceptors (Lipinski definition) is 5. The number of fused-ring (bicyclic) bond motifs is 2. The number of benzene rings is 2. The van der Waals surface area contributed by atoms with Gasteiger partial charge in [0.2, 0.25) is 0 Å². The van der Waals surface area contributed by atoms with Gasteiger partial charge in [0.15, 0.2) is 5.60 Å². The van der Waals surface area contributed by atoms with E-state index in [4.69, 9.17) is 9.84 Å². The van der Waals surface area contributed by atoms with Gasteiger partial charge < -0.3 is 9.84 Å². The molecule has 1 saturated heterocycles. The van der Waals surface area contributed by atoms with E-state index in [1.54, 1.807) is 29.6 Å². The van der Waals surface area contributed by atoms with Crippen molar-refractivity contribution in [3.05, 3.63) is 72.1 Å². The van der Waals surface area contributed by atoms with Crippen molar-refractivity contribution >= 4 is 17.3 Å². The molecule has 0 saturated carbocycles. The van der Waals surface area contributed by atoms with Gasteiger partial charge in [0.1, 0.15) is 5.67 Å². The summed E-state index contributed by atoms with van der Waals surface area (Å²) in [6.07, 6.45) is 2.20. The summed E-state index contributed by atoms with van der Waals surface area (Å²) in [5.74, 6) is -1.08. The van der Waals surface area contributed by atoms with Crippen LogP contribution in [0.4, 0.5) is 15.8 Å². The van der Waals surface area contributed by atoms with Crippen molar-refractivity contribution in [1.82, 2.24) is 15.0 Å². The second-order valence-corrected chi connectivity index (χ2v) is 10.00. The third-order valence-corrected chi connectivity index (χ3v) is 7.39.